The second-order valence-corrected chi connectivity index (χ2v) is 5.75. The first-order chi connectivity index (χ1) is 10.2. The Kier molecular flexibility index (Phi) is 6.15. The zero-order valence-corrected chi connectivity index (χ0v) is 13.4. The van der Waals surface area contributed by atoms with Gasteiger partial charge in [0.1, 0.15) is 5.82 Å². The lowest BCUT2D eigenvalue weighted by atomic mass is 9.95. The fraction of sp³-hybridized carbons (Fsp3) is 0.647. The lowest BCUT2D eigenvalue weighted by molar-refractivity contribution is -0.0469. The van der Waals surface area contributed by atoms with Gasteiger partial charge in [0.05, 0.1) is 18.8 Å². The van der Waals surface area contributed by atoms with Crippen molar-refractivity contribution in [2.24, 2.45) is 0 Å². The van der Waals surface area contributed by atoms with Gasteiger partial charge in [-0.15, -0.1) is 0 Å². The number of aryl methyl sites for hydroxylation is 1. The highest BCUT2D eigenvalue weighted by Crippen LogP contribution is 2.26. The molecule has 4 heteroatoms. The van der Waals surface area contributed by atoms with E-state index in [1.165, 1.54) is 0 Å². The zero-order chi connectivity index (χ0) is 15.2. The summed E-state index contributed by atoms with van der Waals surface area (Å²) >= 11 is 0. The molecule has 3 nitrogen and oxygen atoms in total. The highest BCUT2D eigenvalue weighted by Gasteiger charge is 2.29. The molecule has 0 radical (unpaired) electrons. The van der Waals surface area contributed by atoms with Gasteiger partial charge in [-0.3, -0.25) is 4.90 Å². The van der Waals surface area contributed by atoms with E-state index in [1.54, 1.807) is 12.1 Å². The first-order valence-electron chi connectivity index (χ1n) is 7.99. The fourth-order valence-electron chi connectivity index (χ4n) is 3.10. The number of likely N-dealkylation sites (N-methyl/N-ethyl adjacent to an activating group) is 1. The third kappa shape index (κ3) is 4.25. The van der Waals surface area contributed by atoms with Gasteiger partial charge in [-0.2, -0.15) is 0 Å². The van der Waals surface area contributed by atoms with Crippen LogP contribution in [0.2, 0.25) is 0 Å². The maximum atomic E-state index is 13.3. The summed E-state index contributed by atoms with van der Waals surface area (Å²) in [5.41, 5.74) is 2.12. The molecule has 21 heavy (non-hydrogen) atoms. The molecular weight excluding hydrogens is 267 g/mol. The van der Waals surface area contributed by atoms with Gasteiger partial charge < -0.3 is 10.1 Å². The molecule has 0 amide bonds. The van der Waals surface area contributed by atoms with E-state index in [1.807, 2.05) is 13.0 Å². The molecule has 1 aliphatic rings. The topological polar surface area (TPSA) is 24.5 Å². The van der Waals surface area contributed by atoms with Gasteiger partial charge in [-0.25, -0.2) is 4.39 Å². The van der Waals surface area contributed by atoms with Crippen LogP contribution in [0.1, 0.15) is 37.4 Å². The third-order valence-electron chi connectivity index (χ3n) is 4.08. The van der Waals surface area contributed by atoms with Crippen molar-refractivity contribution in [1.82, 2.24) is 10.2 Å². The highest BCUT2D eigenvalue weighted by molar-refractivity contribution is 5.30. The van der Waals surface area contributed by atoms with Gasteiger partial charge in [0.25, 0.3) is 0 Å². The molecule has 0 saturated carbocycles. The van der Waals surface area contributed by atoms with E-state index in [-0.39, 0.29) is 18.0 Å². The number of hydrogen-bond acceptors (Lipinski definition) is 3. The van der Waals surface area contributed by atoms with E-state index in [2.05, 4.69) is 24.1 Å². The summed E-state index contributed by atoms with van der Waals surface area (Å²) in [4.78, 5) is 2.46. The minimum absolute atomic E-state index is 0.120. The monoisotopic (exact) mass is 294 g/mol. The summed E-state index contributed by atoms with van der Waals surface area (Å²) in [7, 11) is 0. The van der Waals surface area contributed by atoms with E-state index in [9.17, 15) is 4.39 Å². The third-order valence-corrected chi connectivity index (χ3v) is 4.08. The van der Waals surface area contributed by atoms with E-state index >= 15 is 0 Å². The number of rotatable bonds is 6. The average molecular weight is 294 g/mol. The van der Waals surface area contributed by atoms with Crippen molar-refractivity contribution in [3.05, 3.63) is 35.1 Å². The number of morpholine rings is 1. The van der Waals surface area contributed by atoms with Crippen LogP contribution in [0.4, 0.5) is 4.39 Å². The molecule has 1 saturated heterocycles. The van der Waals surface area contributed by atoms with Crippen LogP contribution in [0.15, 0.2) is 18.2 Å². The summed E-state index contributed by atoms with van der Waals surface area (Å²) in [5.74, 6) is -0.177. The SMILES string of the molecule is CCCN1CCOC(C(NCC)c2ccc(F)cc2C)C1. The molecule has 0 spiro atoms. The lowest BCUT2D eigenvalue weighted by Gasteiger charge is -2.37. The summed E-state index contributed by atoms with van der Waals surface area (Å²) in [6.45, 7) is 11.0. The molecule has 1 N–H and O–H groups in total. The molecule has 1 aromatic rings. The number of hydrogen-bond donors (Lipinski definition) is 1. The molecule has 2 unspecified atom stereocenters. The largest absolute Gasteiger partial charge is 0.374 e. The van der Waals surface area contributed by atoms with Crippen molar-refractivity contribution in [1.29, 1.82) is 0 Å². The van der Waals surface area contributed by atoms with Gasteiger partial charge in [-0.05, 0) is 49.7 Å². The summed E-state index contributed by atoms with van der Waals surface area (Å²) in [5, 5.41) is 3.52. The maximum Gasteiger partial charge on any atom is 0.123 e. The second kappa shape index (κ2) is 7.87. The van der Waals surface area contributed by atoms with Crippen molar-refractivity contribution in [2.75, 3.05) is 32.8 Å². The summed E-state index contributed by atoms with van der Waals surface area (Å²) in [6.07, 6.45) is 1.28. The Bertz CT molecular complexity index is 450. The predicted molar refractivity (Wildman–Crippen MR) is 84.0 cm³/mol. The Morgan fingerprint density at radius 1 is 1.43 bits per heavy atom. The van der Waals surface area contributed by atoms with E-state index in [0.29, 0.717) is 0 Å². The van der Waals surface area contributed by atoms with Gasteiger partial charge in [0.15, 0.2) is 0 Å². The summed E-state index contributed by atoms with van der Waals surface area (Å²) in [6, 6.07) is 5.15. The van der Waals surface area contributed by atoms with Crippen molar-refractivity contribution in [3.8, 4) is 0 Å². The maximum absolute atomic E-state index is 13.3. The molecule has 0 bridgehead atoms. The Balaban J connectivity index is 2.17. The highest BCUT2D eigenvalue weighted by atomic mass is 19.1. The van der Waals surface area contributed by atoms with Crippen LogP contribution in [0, 0.1) is 12.7 Å². The van der Waals surface area contributed by atoms with E-state index in [4.69, 9.17) is 4.74 Å². The van der Waals surface area contributed by atoms with Crippen LogP contribution in [-0.4, -0.2) is 43.8 Å². The van der Waals surface area contributed by atoms with Gasteiger partial charge in [0, 0.05) is 13.1 Å². The number of nitrogens with zero attached hydrogens (tertiary/aromatic N) is 1. The second-order valence-electron chi connectivity index (χ2n) is 5.75. The quantitative estimate of drug-likeness (QED) is 0.873. The normalized spacial score (nSPS) is 21.4. The van der Waals surface area contributed by atoms with Crippen LogP contribution >= 0.6 is 0 Å². The number of nitrogens with one attached hydrogen (secondary N) is 1. The molecule has 1 aliphatic heterocycles. The van der Waals surface area contributed by atoms with Crippen LogP contribution in [0.5, 0.6) is 0 Å². The molecule has 2 atom stereocenters. The molecule has 2 rings (SSSR count). The Morgan fingerprint density at radius 3 is 2.90 bits per heavy atom. The molecule has 1 aromatic carbocycles. The van der Waals surface area contributed by atoms with Crippen LogP contribution in [0.25, 0.3) is 0 Å². The average Bonchev–Trinajstić information content (AvgIpc) is 2.46. The molecular formula is C17H27FN2O. The van der Waals surface area contributed by atoms with Crippen molar-refractivity contribution in [3.63, 3.8) is 0 Å². The molecule has 118 valence electrons. The standard InChI is InChI=1S/C17H27FN2O/c1-4-8-20-9-10-21-16(12-20)17(19-5-2)15-7-6-14(18)11-13(15)3/h6-7,11,16-17,19H,4-5,8-10,12H2,1-3H3. The Hall–Kier alpha value is -0.970. The molecule has 1 heterocycles. The zero-order valence-electron chi connectivity index (χ0n) is 13.4. The Morgan fingerprint density at radius 2 is 2.24 bits per heavy atom. The number of ether oxygens (including phenoxy) is 1. The molecule has 1 fully saturated rings. The first kappa shape index (κ1) is 16.4. The van der Waals surface area contributed by atoms with Crippen LogP contribution in [-0.2, 0) is 4.74 Å². The predicted octanol–water partition coefficient (Wildman–Crippen LogP) is 2.90. The minimum atomic E-state index is -0.177. The molecule has 0 aliphatic carbocycles. The van der Waals surface area contributed by atoms with Crippen molar-refractivity contribution >= 4 is 0 Å². The van der Waals surface area contributed by atoms with Gasteiger partial charge >= 0.3 is 0 Å². The van der Waals surface area contributed by atoms with Crippen molar-refractivity contribution in [2.45, 2.75) is 39.3 Å². The van der Waals surface area contributed by atoms with Gasteiger partial charge in [-0.1, -0.05) is 19.9 Å². The van der Waals surface area contributed by atoms with Gasteiger partial charge in [0.2, 0.25) is 0 Å². The molecule has 0 aromatic heterocycles. The first-order valence-corrected chi connectivity index (χ1v) is 7.99. The lowest BCUT2D eigenvalue weighted by Crippen LogP contribution is -2.48. The van der Waals surface area contributed by atoms with Crippen LogP contribution in [0.3, 0.4) is 0 Å². The number of halogens is 1. The van der Waals surface area contributed by atoms with E-state index in [0.717, 1.165) is 50.3 Å². The Labute approximate surface area is 127 Å². The fourth-order valence-corrected chi connectivity index (χ4v) is 3.10. The smallest absolute Gasteiger partial charge is 0.123 e. The minimum Gasteiger partial charge on any atom is -0.374 e. The van der Waals surface area contributed by atoms with Crippen LogP contribution < -0.4 is 5.32 Å². The summed E-state index contributed by atoms with van der Waals surface area (Å²) < 4.78 is 19.4. The van der Waals surface area contributed by atoms with E-state index < -0.39 is 0 Å². The van der Waals surface area contributed by atoms with Crippen molar-refractivity contribution < 1.29 is 9.13 Å². The number of benzene rings is 1.